The molecule has 0 bridgehead atoms. The SMILES string of the molecule is NCc1ccc(N2CCCC(O)C2)c(F)c1Br. The van der Waals surface area contributed by atoms with Crippen LogP contribution in [0.4, 0.5) is 10.1 Å². The lowest BCUT2D eigenvalue weighted by atomic mass is 10.1. The van der Waals surface area contributed by atoms with Crippen molar-refractivity contribution in [2.45, 2.75) is 25.5 Å². The molecular formula is C12H16BrFN2O. The van der Waals surface area contributed by atoms with Gasteiger partial charge in [-0.1, -0.05) is 6.07 Å². The molecule has 1 heterocycles. The summed E-state index contributed by atoms with van der Waals surface area (Å²) in [4.78, 5) is 1.88. The number of hydrogen-bond donors (Lipinski definition) is 2. The van der Waals surface area contributed by atoms with Gasteiger partial charge in [0.25, 0.3) is 0 Å². The van der Waals surface area contributed by atoms with Gasteiger partial charge in [0.2, 0.25) is 0 Å². The van der Waals surface area contributed by atoms with E-state index in [4.69, 9.17) is 5.73 Å². The molecule has 0 amide bonds. The average Bonchev–Trinajstić information content (AvgIpc) is 2.32. The van der Waals surface area contributed by atoms with Gasteiger partial charge in [0, 0.05) is 19.6 Å². The third-order valence-electron chi connectivity index (χ3n) is 3.10. The summed E-state index contributed by atoms with van der Waals surface area (Å²) in [5, 5.41) is 9.61. The smallest absolute Gasteiger partial charge is 0.160 e. The average molecular weight is 303 g/mol. The Balaban J connectivity index is 2.29. The van der Waals surface area contributed by atoms with E-state index >= 15 is 0 Å². The van der Waals surface area contributed by atoms with Gasteiger partial charge in [-0.25, -0.2) is 4.39 Å². The van der Waals surface area contributed by atoms with Gasteiger partial charge in [0.05, 0.1) is 16.3 Å². The molecule has 2 rings (SSSR count). The summed E-state index contributed by atoms with van der Waals surface area (Å²) in [6.07, 6.45) is 1.31. The van der Waals surface area contributed by atoms with Crippen LogP contribution in [0.15, 0.2) is 16.6 Å². The first-order valence-electron chi connectivity index (χ1n) is 5.73. The first-order valence-corrected chi connectivity index (χ1v) is 6.52. The van der Waals surface area contributed by atoms with Crippen molar-refractivity contribution >= 4 is 21.6 Å². The molecular weight excluding hydrogens is 287 g/mol. The van der Waals surface area contributed by atoms with Gasteiger partial charge in [-0.15, -0.1) is 0 Å². The highest BCUT2D eigenvalue weighted by atomic mass is 79.9. The van der Waals surface area contributed by atoms with Gasteiger partial charge < -0.3 is 15.7 Å². The fraction of sp³-hybridized carbons (Fsp3) is 0.500. The molecule has 17 heavy (non-hydrogen) atoms. The van der Waals surface area contributed by atoms with E-state index in [-0.39, 0.29) is 11.9 Å². The predicted molar refractivity (Wildman–Crippen MR) is 69.4 cm³/mol. The molecule has 1 aliphatic heterocycles. The molecule has 1 aromatic rings. The van der Waals surface area contributed by atoms with Gasteiger partial charge >= 0.3 is 0 Å². The number of aliphatic hydroxyl groups is 1. The molecule has 0 aliphatic carbocycles. The molecule has 0 radical (unpaired) electrons. The zero-order chi connectivity index (χ0) is 12.4. The highest BCUT2D eigenvalue weighted by Crippen LogP contribution is 2.30. The topological polar surface area (TPSA) is 49.5 Å². The second kappa shape index (κ2) is 5.33. The Kier molecular flexibility index (Phi) is 4.01. The highest BCUT2D eigenvalue weighted by Gasteiger charge is 2.22. The Hall–Kier alpha value is -0.650. The maximum absolute atomic E-state index is 14.1. The van der Waals surface area contributed by atoms with Crippen LogP contribution >= 0.6 is 15.9 Å². The standard InChI is InChI=1S/C12H16BrFN2O/c13-11-8(6-15)3-4-10(12(11)14)16-5-1-2-9(17)7-16/h3-4,9,17H,1-2,5-7,15H2. The van der Waals surface area contributed by atoms with Crippen LogP contribution in [-0.2, 0) is 6.54 Å². The summed E-state index contributed by atoms with van der Waals surface area (Å²) in [7, 11) is 0. The van der Waals surface area contributed by atoms with E-state index < -0.39 is 0 Å². The van der Waals surface area contributed by atoms with Crippen LogP contribution in [0.3, 0.4) is 0 Å². The minimum absolute atomic E-state index is 0.290. The van der Waals surface area contributed by atoms with Gasteiger partial charge in [0.1, 0.15) is 0 Å². The molecule has 3 N–H and O–H groups in total. The number of benzene rings is 1. The maximum Gasteiger partial charge on any atom is 0.160 e. The second-order valence-electron chi connectivity index (χ2n) is 4.32. The number of halogens is 2. The molecule has 0 spiro atoms. The first-order chi connectivity index (χ1) is 8.13. The lowest BCUT2D eigenvalue weighted by Crippen LogP contribution is -2.38. The largest absolute Gasteiger partial charge is 0.391 e. The maximum atomic E-state index is 14.1. The lowest BCUT2D eigenvalue weighted by Gasteiger charge is -2.32. The molecule has 0 saturated carbocycles. The van der Waals surface area contributed by atoms with E-state index in [9.17, 15) is 9.50 Å². The van der Waals surface area contributed by atoms with Crippen molar-refractivity contribution < 1.29 is 9.50 Å². The number of aliphatic hydroxyl groups excluding tert-OH is 1. The Morgan fingerprint density at radius 3 is 2.94 bits per heavy atom. The van der Waals surface area contributed by atoms with Crippen LogP contribution in [0.1, 0.15) is 18.4 Å². The number of hydrogen-bond acceptors (Lipinski definition) is 3. The normalized spacial score (nSPS) is 20.7. The molecule has 1 saturated heterocycles. The molecule has 1 atom stereocenters. The lowest BCUT2D eigenvalue weighted by molar-refractivity contribution is 0.154. The quantitative estimate of drug-likeness (QED) is 0.878. The van der Waals surface area contributed by atoms with Gasteiger partial charge in [-0.3, -0.25) is 0 Å². The summed E-state index contributed by atoms with van der Waals surface area (Å²) in [6, 6.07) is 3.56. The van der Waals surface area contributed by atoms with E-state index in [0.717, 1.165) is 24.9 Å². The van der Waals surface area contributed by atoms with Crippen molar-refractivity contribution in [3.05, 3.63) is 28.0 Å². The van der Waals surface area contributed by atoms with Crippen molar-refractivity contribution in [1.29, 1.82) is 0 Å². The van der Waals surface area contributed by atoms with Gasteiger partial charge in [-0.2, -0.15) is 0 Å². The van der Waals surface area contributed by atoms with E-state index in [1.807, 2.05) is 11.0 Å². The summed E-state index contributed by atoms with van der Waals surface area (Å²) in [5.41, 5.74) is 6.81. The number of rotatable bonds is 2. The summed E-state index contributed by atoms with van der Waals surface area (Å²) in [6.45, 7) is 1.58. The van der Waals surface area contributed by atoms with Gasteiger partial charge in [-0.05, 0) is 40.4 Å². The highest BCUT2D eigenvalue weighted by molar-refractivity contribution is 9.10. The number of β-amino-alcohol motifs (C(OH)–C–C–N with tert-alkyl or cyclic N) is 1. The summed E-state index contributed by atoms with van der Waals surface area (Å²) >= 11 is 3.23. The Labute approximate surface area is 109 Å². The van der Waals surface area contributed by atoms with Crippen molar-refractivity contribution in [1.82, 2.24) is 0 Å². The molecule has 1 unspecified atom stereocenters. The van der Waals surface area contributed by atoms with Gasteiger partial charge in [0.15, 0.2) is 5.82 Å². The third kappa shape index (κ3) is 2.61. The number of nitrogens with two attached hydrogens (primary N) is 1. The van der Waals surface area contributed by atoms with Crippen LogP contribution in [0.5, 0.6) is 0 Å². The molecule has 1 fully saturated rings. The minimum Gasteiger partial charge on any atom is -0.391 e. The fourth-order valence-electron chi connectivity index (χ4n) is 2.15. The van der Waals surface area contributed by atoms with Crippen LogP contribution in [0, 0.1) is 5.82 Å². The van der Waals surface area contributed by atoms with Crippen LogP contribution < -0.4 is 10.6 Å². The van der Waals surface area contributed by atoms with Crippen LogP contribution in [-0.4, -0.2) is 24.3 Å². The van der Waals surface area contributed by atoms with Crippen LogP contribution in [0.2, 0.25) is 0 Å². The van der Waals surface area contributed by atoms with Crippen LogP contribution in [0.25, 0.3) is 0 Å². The predicted octanol–water partition coefficient (Wildman–Crippen LogP) is 2.01. The fourth-order valence-corrected chi connectivity index (χ4v) is 2.65. The number of nitrogens with zero attached hydrogens (tertiary/aromatic N) is 1. The molecule has 94 valence electrons. The van der Waals surface area contributed by atoms with Crippen molar-refractivity contribution in [3.63, 3.8) is 0 Å². The second-order valence-corrected chi connectivity index (χ2v) is 5.11. The summed E-state index contributed by atoms with van der Waals surface area (Å²) in [5.74, 6) is -0.290. The van der Waals surface area contributed by atoms with E-state index in [1.165, 1.54) is 0 Å². The number of anilines is 1. The zero-order valence-electron chi connectivity index (χ0n) is 9.50. The van der Waals surface area contributed by atoms with Crippen molar-refractivity contribution in [2.24, 2.45) is 5.73 Å². The van der Waals surface area contributed by atoms with Crippen molar-refractivity contribution in [3.8, 4) is 0 Å². The molecule has 3 nitrogen and oxygen atoms in total. The third-order valence-corrected chi connectivity index (χ3v) is 3.96. The van der Waals surface area contributed by atoms with E-state index in [0.29, 0.717) is 23.2 Å². The number of piperidine rings is 1. The van der Waals surface area contributed by atoms with E-state index in [1.54, 1.807) is 6.07 Å². The molecule has 0 aromatic heterocycles. The Morgan fingerprint density at radius 1 is 1.53 bits per heavy atom. The minimum atomic E-state index is -0.365. The Bertz CT molecular complexity index is 414. The molecule has 1 aromatic carbocycles. The first kappa shape index (κ1) is 12.8. The van der Waals surface area contributed by atoms with Crippen molar-refractivity contribution in [2.75, 3.05) is 18.0 Å². The molecule has 5 heteroatoms. The zero-order valence-corrected chi connectivity index (χ0v) is 11.1. The summed E-state index contributed by atoms with van der Waals surface area (Å²) < 4.78 is 14.6. The van der Waals surface area contributed by atoms with E-state index in [2.05, 4.69) is 15.9 Å². The Morgan fingerprint density at radius 2 is 2.29 bits per heavy atom. The monoisotopic (exact) mass is 302 g/mol. The molecule has 1 aliphatic rings.